The summed E-state index contributed by atoms with van der Waals surface area (Å²) < 4.78 is 0.172. The van der Waals surface area contributed by atoms with Gasteiger partial charge >= 0.3 is 62.5 Å². The fraction of sp³-hybridized carbons (Fsp3) is 1.00. The Balaban J connectivity index is 2.40. The zero-order valence-electron chi connectivity index (χ0n) is 4.85. The molecular weight excluding hydrogens is 209 g/mol. The first-order chi connectivity index (χ1) is 3.77. The molecule has 3 heteroatoms. The predicted molar refractivity (Wildman–Crippen MR) is 34.2 cm³/mol. The molecule has 1 saturated heterocycles. The molecule has 2 nitrogen and oxygen atoms in total. The number of aliphatic hydroxyl groups excluding tert-OH is 1. The Morgan fingerprint density at radius 1 is 1.75 bits per heavy atom. The van der Waals surface area contributed by atoms with E-state index in [0.29, 0.717) is 6.61 Å². The monoisotopic (exact) mass is 221 g/mol. The number of aliphatic hydroxyl groups is 1. The van der Waals surface area contributed by atoms with Gasteiger partial charge in [0.2, 0.25) is 0 Å². The van der Waals surface area contributed by atoms with E-state index in [9.17, 15) is 0 Å². The average molecular weight is 220 g/mol. The van der Waals surface area contributed by atoms with Gasteiger partial charge in [-0.3, -0.25) is 0 Å². The fourth-order valence-electron chi connectivity index (χ4n) is 0.965. The molecule has 0 aromatic heterocycles. The molecule has 2 N–H and O–H groups in total. The van der Waals surface area contributed by atoms with Gasteiger partial charge in [-0.25, -0.2) is 0 Å². The van der Waals surface area contributed by atoms with E-state index in [1.165, 1.54) is 12.8 Å². The van der Waals surface area contributed by atoms with Gasteiger partial charge in [-0.1, -0.05) is 0 Å². The summed E-state index contributed by atoms with van der Waals surface area (Å²) in [7, 11) is 0. The van der Waals surface area contributed by atoms with Crippen molar-refractivity contribution in [2.24, 2.45) is 0 Å². The molecule has 0 saturated carbocycles. The molecule has 0 aliphatic carbocycles. The molecule has 8 heavy (non-hydrogen) atoms. The first-order valence-electron chi connectivity index (χ1n) is 2.92. The van der Waals surface area contributed by atoms with Crippen LogP contribution in [-0.2, 0) is 0 Å². The van der Waals surface area contributed by atoms with Gasteiger partial charge in [-0.2, -0.15) is 0 Å². The minimum absolute atomic E-state index is 0.172. The Labute approximate surface area is 62.7 Å². The standard InChI is InChI=1S/C5H10NO.Sn.H/c7-4-5-2-1-3-6-5;;/h6-7H,1-4H2;;. The van der Waals surface area contributed by atoms with Crippen LogP contribution >= 0.6 is 0 Å². The first kappa shape index (κ1) is 6.83. The minimum atomic E-state index is 0.172. The predicted octanol–water partition coefficient (Wildman–Crippen LogP) is -1.04. The van der Waals surface area contributed by atoms with E-state index in [-0.39, 0.29) is 3.55 Å². The van der Waals surface area contributed by atoms with Gasteiger partial charge in [0.1, 0.15) is 0 Å². The van der Waals surface area contributed by atoms with Crippen molar-refractivity contribution in [2.45, 2.75) is 16.4 Å². The summed E-state index contributed by atoms with van der Waals surface area (Å²) in [5.74, 6) is 0. The molecule has 1 unspecified atom stereocenters. The summed E-state index contributed by atoms with van der Waals surface area (Å²) in [4.78, 5) is 0. The van der Waals surface area contributed by atoms with Crippen molar-refractivity contribution in [3.05, 3.63) is 0 Å². The third-order valence-electron chi connectivity index (χ3n) is 1.56. The van der Waals surface area contributed by atoms with E-state index < -0.39 is 0 Å². The van der Waals surface area contributed by atoms with E-state index in [1.54, 1.807) is 0 Å². The average Bonchev–Trinajstić information content (AvgIpc) is 2.17. The van der Waals surface area contributed by atoms with Crippen molar-refractivity contribution in [1.82, 2.24) is 5.32 Å². The molecule has 0 aromatic rings. The van der Waals surface area contributed by atoms with Crippen molar-refractivity contribution < 1.29 is 5.11 Å². The van der Waals surface area contributed by atoms with Crippen LogP contribution in [0.25, 0.3) is 0 Å². The normalized spacial score (nSPS) is 38.2. The Bertz CT molecular complexity index is 80.5. The van der Waals surface area contributed by atoms with Crippen molar-refractivity contribution in [2.75, 3.05) is 13.2 Å². The van der Waals surface area contributed by atoms with Crippen molar-refractivity contribution >= 4 is 22.5 Å². The van der Waals surface area contributed by atoms with Gasteiger partial charge < -0.3 is 0 Å². The number of rotatable bonds is 1. The topological polar surface area (TPSA) is 32.3 Å². The van der Waals surface area contributed by atoms with Gasteiger partial charge in [-0.05, 0) is 0 Å². The first-order valence-corrected chi connectivity index (χ1v) is 4.56. The molecule has 0 bridgehead atoms. The second-order valence-electron chi connectivity index (χ2n) is 2.34. The second-order valence-corrected chi connectivity index (χ2v) is 5.50. The summed E-state index contributed by atoms with van der Waals surface area (Å²) in [5, 5.41) is 12.1. The van der Waals surface area contributed by atoms with Gasteiger partial charge in [-0.15, -0.1) is 0 Å². The molecule has 1 aliphatic rings. The third-order valence-corrected chi connectivity index (χ3v) is 3.49. The van der Waals surface area contributed by atoms with Gasteiger partial charge in [0.05, 0.1) is 0 Å². The maximum absolute atomic E-state index is 8.80. The van der Waals surface area contributed by atoms with Crippen LogP contribution in [0.3, 0.4) is 0 Å². The van der Waals surface area contributed by atoms with Crippen molar-refractivity contribution in [3.8, 4) is 0 Å². The Hall–Kier alpha value is 0.719. The zero-order chi connectivity index (χ0) is 6.04. The SMILES string of the molecule is OC[C]1([SnH])CCCN1. The van der Waals surface area contributed by atoms with Crippen LogP contribution in [0.1, 0.15) is 12.8 Å². The molecule has 1 heterocycles. The second kappa shape index (κ2) is 2.54. The van der Waals surface area contributed by atoms with E-state index in [1.807, 2.05) is 0 Å². The van der Waals surface area contributed by atoms with Crippen LogP contribution < -0.4 is 5.32 Å². The molecule has 1 aliphatic heterocycles. The third kappa shape index (κ3) is 1.36. The molecular formula is C5H11NOSn. The van der Waals surface area contributed by atoms with Gasteiger partial charge in [0.25, 0.3) is 0 Å². The molecule has 0 spiro atoms. The fourth-order valence-corrected chi connectivity index (χ4v) is 1.96. The number of nitrogens with one attached hydrogen (secondary N) is 1. The van der Waals surface area contributed by atoms with E-state index in [2.05, 4.69) is 5.32 Å². The molecule has 1 fully saturated rings. The van der Waals surface area contributed by atoms with Gasteiger partial charge in [0, 0.05) is 0 Å². The quantitative estimate of drug-likeness (QED) is 0.553. The zero-order valence-corrected chi connectivity index (χ0v) is 8.15. The summed E-state index contributed by atoms with van der Waals surface area (Å²) in [6.07, 6.45) is 2.41. The molecule has 0 aromatic carbocycles. The van der Waals surface area contributed by atoms with E-state index in [4.69, 9.17) is 5.11 Å². The van der Waals surface area contributed by atoms with Crippen LogP contribution in [0.5, 0.6) is 0 Å². The van der Waals surface area contributed by atoms with Crippen molar-refractivity contribution in [1.29, 1.82) is 0 Å². The summed E-state index contributed by atoms with van der Waals surface area (Å²) in [6.45, 7) is 1.43. The van der Waals surface area contributed by atoms with Crippen molar-refractivity contribution in [3.63, 3.8) is 0 Å². The van der Waals surface area contributed by atoms with E-state index in [0.717, 1.165) is 29.1 Å². The molecule has 1 rings (SSSR count). The molecule has 1 atom stereocenters. The number of hydrogen-bond donors (Lipinski definition) is 2. The van der Waals surface area contributed by atoms with Crippen LogP contribution in [-0.4, -0.2) is 44.3 Å². The Morgan fingerprint density at radius 3 is 2.75 bits per heavy atom. The summed E-state index contributed by atoms with van der Waals surface area (Å²) >= 11 is 1.13. The summed E-state index contributed by atoms with van der Waals surface area (Å²) in [6, 6.07) is 0. The maximum atomic E-state index is 8.80. The number of hydrogen-bond acceptors (Lipinski definition) is 2. The van der Waals surface area contributed by atoms with E-state index >= 15 is 0 Å². The summed E-state index contributed by atoms with van der Waals surface area (Å²) in [5.41, 5.74) is 0. The van der Waals surface area contributed by atoms with Gasteiger partial charge in [0.15, 0.2) is 0 Å². The molecule has 0 amide bonds. The van der Waals surface area contributed by atoms with Crippen LogP contribution in [0.4, 0.5) is 0 Å². The van der Waals surface area contributed by atoms with Crippen LogP contribution in [0, 0.1) is 0 Å². The molecule has 2 radical (unpaired) electrons. The van der Waals surface area contributed by atoms with Crippen LogP contribution in [0.15, 0.2) is 0 Å². The van der Waals surface area contributed by atoms with Crippen LogP contribution in [0.2, 0.25) is 0 Å². The Morgan fingerprint density at radius 2 is 2.50 bits per heavy atom. The molecule has 46 valence electrons. The Kier molecular flexibility index (Phi) is 2.17.